The van der Waals surface area contributed by atoms with Gasteiger partial charge in [0.2, 0.25) is 5.91 Å². The molecule has 8 heteroatoms. The van der Waals surface area contributed by atoms with Crippen LogP contribution in [0.25, 0.3) is 0 Å². The van der Waals surface area contributed by atoms with Gasteiger partial charge in [-0.05, 0) is 25.5 Å². The molecule has 1 aliphatic heterocycles. The van der Waals surface area contributed by atoms with Crippen LogP contribution in [0, 0.1) is 6.92 Å². The van der Waals surface area contributed by atoms with E-state index in [1.807, 2.05) is 19.1 Å². The monoisotopic (exact) mass is 326 g/mol. The Balaban J connectivity index is 1.97. The van der Waals surface area contributed by atoms with Crippen molar-refractivity contribution in [2.45, 2.75) is 20.3 Å². The van der Waals surface area contributed by atoms with Crippen LogP contribution in [0.5, 0.6) is 0 Å². The van der Waals surface area contributed by atoms with Gasteiger partial charge >= 0.3 is 0 Å². The molecule has 0 N–H and O–H groups in total. The zero-order chi connectivity index (χ0) is 16.2. The number of nitrogens with zero attached hydrogens (tertiary/aromatic N) is 4. The molecule has 0 bridgehead atoms. The highest BCUT2D eigenvalue weighted by Gasteiger charge is 2.23. The van der Waals surface area contributed by atoms with Gasteiger partial charge in [-0.2, -0.15) is 5.10 Å². The number of hydrogen-bond donors (Lipinski definition) is 0. The van der Waals surface area contributed by atoms with Crippen molar-refractivity contribution >= 4 is 21.6 Å². The van der Waals surface area contributed by atoms with Crippen LogP contribution < -0.4 is 4.90 Å². The van der Waals surface area contributed by atoms with Gasteiger partial charge in [0.05, 0.1) is 5.69 Å². The van der Waals surface area contributed by atoms with E-state index in [9.17, 15) is 13.2 Å². The molecule has 1 aromatic rings. The number of rotatable bonds is 4. The van der Waals surface area contributed by atoms with Crippen LogP contribution in [-0.2, 0) is 14.6 Å². The number of aryl methyl sites for hydroxylation is 1. The molecule has 2 heterocycles. The smallest absolute Gasteiger partial charge is 0.237 e. The second-order valence-electron chi connectivity index (χ2n) is 5.43. The fourth-order valence-corrected chi connectivity index (χ4v) is 3.10. The Bertz CT molecular complexity index is 615. The van der Waals surface area contributed by atoms with Gasteiger partial charge in [0.25, 0.3) is 0 Å². The minimum atomic E-state index is -3.28. The van der Waals surface area contributed by atoms with Crippen LogP contribution in [0.1, 0.15) is 19.0 Å². The number of aromatic nitrogens is 2. The first-order valence-corrected chi connectivity index (χ1v) is 9.27. The Labute approximate surface area is 131 Å². The summed E-state index contributed by atoms with van der Waals surface area (Å²) >= 11 is 0. The van der Waals surface area contributed by atoms with Crippen LogP contribution in [-0.4, -0.2) is 67.1 Å². The van der Waals surface area contributed by atoms with Crippen LogP contribution in [0.4, 0.5) is 5.82 Å². The first-order chi connectivity index (χ1) is 10.4. The van der Waals surface area contributed by atoms with Crippen LogP contribution >= 0.6 is 0 Å². The average Bonchev–Trinajstić information content (AvgIpc) is 2.74. The maximum absolute atomic E-state index is 12.1. The Morgan fingerprint density at radius 3 is 2.59 bits per heavy atom. The standard InChI is InChI=1S/C14H22N4O3S/c1-3-22(20,21)11-14(19)18-8-4-7-17(9-10-18)13-6-5-12(2)15-16-13/h5-6H,3-4,7-11H2,1-2H3. The number of anilines is 1. The van der Waals surface area contributed by atoms with Crippen molar-refractivity contribution in [1.82, 2.24) is 15.1 Å². The highest BCUT2D eigenvalue weighted by atomic mass is 32.2. The zero-order valence-electron chi connectivity index (χ0n) is 13.0. The lowest BCUT2D eigenvalue weighted by Crippen LogP contribution is -2.39. The van der Waals surface area contributed by atoms with Gasteiger partial charge in [0.1, 0.15) is 5.75 Å². The van der Waals surface area contributed by atoms with E-state index in [0.717, 1.165) is 24.5 Å². The first-order valence-electron chi connectivity index (χ1n) is 7.45. The fourth-order valence-electron chi connectivity index (χ4n) is 2.34. The van der Waals surface area contributed by atoms with Crippen molar-refractivity contribution in [3.8, 4) is 0 Å². The molecule has 0 radical (unpaired) electrons. The third kappa shape index (κ3) is 4.40. The SMILES string of the molecule is CCS(=O)(=O)CC(=O)N1CCCN(c2ccc(C)nn2)CC1. The van der Waals surface area contributed by atoms with Crippen molar-refractivity contribution in [2.24, 2.45) is 0 Å². The largest absolute Gasteiger partial charge is 0.353 e. The normalized spacial score (nSPS) is 16.5. The van der Waals surface area contributed by atoms with Gasteiger partial charge in [0, 0.05) is 31.9 Å². The quantitative estimate of drug-likeness (QED) is 0.789. The summed E-state index contributed by atoms with van der Waals surface area (Å²) < 4.78 is 23.2. The maximum atomic E-state index is 12.1. The van der Waals surface area contributed by atoms with E-state index in [1.165, 1.54) is 0 Å². The summed E-state index contributed by atoms with van der Waals surface area (Å²) in [6.07, 6.45) is 0.785. The summed E-state index contributed by atoms with van der Waals surface area (Å²) in [5.41, 5.74) is 0.861. The average molecular weight is 326 g/mol. The van der Waals surface area contributed by atoms with Gasteiger partial charge in [-0.15, -0.1) is 5.10 Å². The van der Waals surface area contributed by atoms with E-state index < -0.39 is 15.6 Å². The zero-order valence-corrected chi connectivity index (χ0v) is 13.8. The minimum Gasteiger partial charge on any atom is -0.353 e. The Morgan fingerprint density at radius 1 is 1.18 bits per heavy atom. The van der Waals surface area contributed by atoms with Crippen molar-refractivity contribution in [1.29, 1.82) is 0 Å². The van der Waals surface area contributed by atoms with Crippen molar-refractivity contribution in [3.63, 3.8) is 0 Å². The number of sulfone groups is 1. The maximum Gasteiger partial charge on any atom is 0.237 e. The predicted molar refractivity (Wildman–Crippen MR) is 84.5 cm³/mol. The second-order valence-corrected chi connectivity index (χ2v) is 7.78. The topological polar surface area (TPSA) is 83.5 Å². The van der Waals surface area contributed by atoms with Gasteiger partial charge in [0.15, 0.2) is 15.7 Å². The molecule has 1 amide bonds. The molecule has 0 aliphatic carbocycles. The fraction of sp³-hybridized carbons (Fsp3) is 0.643. The Morgan fingerprint density at radius 2 is 1.95 bits per heavy atom. The summed E-state index contributed by atoms with van der Waals surface area (Å²) in [5, 5.41) is 8.21. The van der Waals surface area contributed by atoms with Gasteiger partial charge < -0.3 is 9.80 Å². The first kappa shape index (κ1) is 16.7. The Kier molecular flexibility index (Phi) is 5.33. The highest BCUT2D eigenvalue weighted by Crippen LogP contribution is 2.13. The molecule has 22 heavy (non-hydrogen) atoms. The van der Waals surface area contributed by atoms with Crippen LogP contribution in [0.15, 0.2) is 12.1 Å². The predicted octanol–water partition coefficient (Wildman–Crippen LogP) is 0.258. The molecule has 1 fully saturated rings. The summed E-state index contributed by atoms with van der Waals surface area (Å²) in [5.74, 6) is 0.0886. The van der Waals surface area contributed by atoms with Gasteiger partial charge in [-0.3, -0.25) is 4.79 Å². The molecule has 1 aromatic heterocycles. The van der Waals surface area contributed by atoms with Crippen LogP contribution in [0.3, 0.4) is 0 Å². The van der Waals surface area contributed by atoms with E-state index in [2.05, 4.69) is 15.1 Å². The van der Waals surface area contributed by atoms with Gasteiger partial charge in [-0.25, -0.2) is 8.42 Å². The summed E-state index contributed by atoms with van der Waals surface area (Å²) in [4.78, 5) is 15.8. The molecule has 7 nitrogen and oxygen atoms in total. The number of amides is 1. The van der Waals surface area contributed by atoms with E-state index in [1.54, 1.807) is 11.8 Å². The molecular formula is C14H22N4O3S. The minimum absolute atomic E-state index is 0.00232. The molecule has 0 aromatic carbocycles. The molecule has 2 rings (SSSR count). The number of carbonyl (C=O) groups is 1. The summed E-state index contributed by atoms with van der Waals surface area (Å²) in [6, 6.07) is 3.82. The third-order valence-electron chi connectivity index (χ3n) is 3.74. The van der Waals surface area contributed by atoms with E-state index in [4.69, 9.17) is 0 Å². The molecule has 1 aliphatic rings. The third-order valence-corrected chi connectivity index (χ3v) is 5.31. The van der Waals surface area contributed by atoms with E-state index in [0.29, 0.717) is 19.6 Å². The van der Waals surface area contributed by atoms with E-state index in [-0.39, 0.29) is 11.7 Å². The number of hydrogen-bond acceptors (Lipinski definition) is 6. The molecule has 0 saturated carbocycles. The second kappa shape index (κ2) is 7.04. The van der Waals surface area contributed by atoms with Crippen molar-refractivity contribution < 1.29 is 13.2 Å². The lowest BCUT2D eigenvalue weighted by Gasteiger charge is -2.22. The summed E-state index contributed by atoms with van der Waals surface area (Å²) in [6.45, 7) is 5.94. The van der Waals surface area contributed by atoms with Gasteiger partial charge in [-0.1, -0.05) is 6.92 Å². The molecule has 122 valence electrons. The Hall–Kier alpha value is -1.70. The molecule has 0 spiro atoms. The summed E-state index contributed by atoms with van der Waals surface area (Å²) in [7, 11) is -3.28. The van der Waals surface area contributed by atoms with Crippen molar-refractivity contribution in [3.05, 3.63) is 17.8 Å². The highest BCUT2D eigenvalue weighted by molar-refractivity contribution is 7.92. The molecule has 0 unspecified atom stereocenters. The lowest BCUT2D eigenvalue weighted by molar-refractivity contribution is -0.128. The molecule has 0 atom stereocenters. The van der Waals surface area contributed by atoms with Crippen molar-refractivity contribution in [2.75, 3.05) is 42.6 Å². The molecule has 1 saturated heterocycles. The number of carbonyl (C=O) groups excluding carboxylic acids is 1. The molecular weight excluding hydrogens is 304 g/mol. The lowest BCUT2D eigenvalue weighted by atomic mass is 10.3. The van der Waals surface area contributed by atoms with Crippen LogP contribution in [0.2, 0.25) is 0 Å². The van der Waals surface area contributed by atoms with E-state index >= 15 is 0 Å².